The van der Waals surface area contributed by atoms with E-state index in [1.807, 2.05) is 13.8 Å². The smallest absolute Gasteiger partial charge is 0.261 e. The number of benzene rings is 1. The van der Waals surface area contributed by atoms with Crippen LogP contribution in [0.15, 0.2) is 17.0 Å². The SMILES string of the molecule is CC(C)COc1c(Cl)cc(S(=O)(=O)Cl)cc1Cl. The topological polar surface area (TPSA) is 43.4 Å². The first-order valence-corrected chi connectivity index (χ1v) is 7.85. The number of ether oxygens (including phenoxy) is 1. The maximum Gasteiger partial charge on any atom is 0.261 e. The Morgan fingerprint density at radius 3 is 2.06 bits per heavy atom. The van der Waals surface area contributed by atoms with Gasteiger partial charge in [0.15, 0.2) is 5.75 Å². The fourth-order valence-corrected chi connectivity index (χ4v) is 2.58. The first-order chi connectivity index (χ1) is 7.71. The first-order valence-electron chi connectivity index (χ1n) is 4.78. The van der Waals surface area contributed by atoms with Gasteiger partial charge in [0.2, 0.25) is 0 Å². The summed E-state index contributed by atoms with van der Waals surface area (Å²) in [7, 11) is 1.35. The molecule has 96 valence electrons. The number of halogens is 3. The van der Waals surface area contributed by atoms with Crippen LogP contribution in [-0.4, -0.2) is 15.0 Å². The van der Waals surface area contributed by atoms with Crippen molar-refractivity contribution in [1.82, 2.24) is 0 Å². The summed E-state index contributed by atoms with van der Waals surface area (Å²) < 4.78 is 27.6. The van der Waals surface area contributed by atoms with Crippen LogP contribution in [0.3, 0.4) is 0 Å². The molecule has 0 bridgehead atoms. The lowest BCUT2D eigenvalue weighted by molar-refractivity contribution is 0.271. The Kier molecular flexibility index (Phi) is 4.95. The van der Waals surface area contributed by atoms with E-state index in [0.29, 0.717) is 12.5 Å². The number of hydrogen-bond donors (Lipinski definition) is 0. The molecule has 1 aromatic carbocycles. The Bertz CT molecular complexity index is 489. The highest BCUT2D eigenvalue weighted by molar-refractivity contribution is 8.13. The molecule has 0 heterocycles. The fourth-order valence-electron chi connectivity index (χ4n) is 1.07. The van der Waals surface area contributed by atoms with Gasteiger partial charge in [0, 0.05) is 10.7 Å². The second-order valence-corrected chi connectivity index (χ2v) is 7.24. The van der Waals surface area contributed by atoms with Gasteiger partial charge in [-0.05, 0) is 18.1 Å². The molecule has 17 heavy (non-hydrogen) atoms. The molecular weight excluding hydrogens is 307 g/mol. The highest BCUT2D eigenvalue weighted by Crippen LogP contribution is 2.36. The number of hydrogen-bond acceptors (Lipinski definition) is 3. The van der Waals surface area contributed by atoms with Crippen molar-refractivity contribution < 1.29 is 13.2 Å². The predicted octanol–water partition coefficient (Wildman–Crippen LogP) is 3.96. The Labute approximate surface area is 115 Å². The van der Waals surface area contributed by atoms with E-state index in [-0.39, 0.29) is 20.7 Å². The van der Waals surface area contributed by atoms with E-state index in [9.17, 15) is 8.42 Å². The molecule has 0 aliphatic carbocycles. The van der Waals surface area contributed by atoms with Crippen molar-refractivity contribution in [3.05, 3.63) is 22.2 Å². The molecule has 0 unspecified atom stereocenters. The lowest BCUT2D eigenvalue weighted by Crippen LogP contribution is -2.05. The van der Waals surface area contributed by atoms with Crippen LogP contribution < -0.4 is 4.74 Å². The summed E-state index contributed by atoms with van der Waals surface area (Å²) in [6.45, 7) is 4.38. The fraction of sp³-hybridized carbons (Fsp3) is 0.400. The normalized spacial score (nSPS) is 11.9. The molecule has 0 aliphatic rings. The summed E-state index contributed by atoms with van der Waals surface area (Å²) in [5.41, 5.74) is 0. The monoisotopic (exact) mass is 316 g/mol. The molecule has 0 aliphatic heterocycles. The molecule has 0 aromatic heterocycles. The largest absolute Gasteiger partial charge is 0.490 e. The third-order valence-electron chi connectivity index (χ3n) is 1.81. The minimum Gasteiger partial charge on any atom is -0.490 e. The summed E-state index contributed by atoms with van der Waals surface area (Å²) in [5, 5.41) is 0.245. The lowest BCUT2D eigenvalue weighted by atomic mass is 10.2. The van der Waals surface area contributed by atoms with Crippen molar-refractivity contribution in [2.45, 2.75) is 18.7 Å². The van der Waals surface area contributed by atoms with Gasteiger partial charge < -0.3 is 4.74 Å². The molecule has 0 N–H and O–H groups in total. The maximum absolute atomic E-state index is 11.1. The zero-order valence-corrected chi connectivity index (χ0v) is 12.3. The minimum absolute atomic E-state index is 0.123. The molecule has 0 fully saturated rings. The van der Waals surface area contributed by atoms with Gasteiger partial charge in [-0.25, -0.2) is 8.42 Å². The second-order valence-electron chi connectivity index (χ2n) is 3.86. The Morgan fingerprint density at radius 1 is 1.24 bits per heavy atom. The van der Waals surface area contributed by atoms with E-state index in [1.54, 1.807) is 0 Å². The van der Waals surface area contributed by atoms with Gasteiger partial charge in [0.05, 0.1) is 21.5 Å². The van der Waals surface area contributed by atoms with Crippen molar-refractivity contribution in [3.8, 4) is 5.75 Å². The molecule has 1 rings (SSSR count). The van der Waals surface area contributed by atoms with Crippen molar-refractivity contribution in [2.24, 2.45) is 5.92 Å². The van der Waals surface area contributed by atoms with Gasteiger partial charge >= 0.3 is 0 Å². The summed E-state index contributed by atoms with van der Waals surface area (Å²) in [5.74, 6) is 0.574. The molecule has 0 atom stereocenters. The zero-order valence-electron chi connectivity index (χ0n) is 9.21. The van der Waals surface area contributed by atoms with Crippen molar-refractivity contribution in [1.29, 1.82) is 0 Å². The van der Waals surface area contributed by atoms with E-state index in [4.69, 9.17) is 38.6 Å². The molecule has 0 amide bonds. The van der Waals surface area contributed by atoms with Crippen LogP contribution in [0.5, 0.6) is 5.75 Å². The molecule has 3 nitrogen and oxygen atoms in total. The number of rotatable bonds is 4. The van der Waals surface area contributed by atoms with Crippen molar-refractivity contribution >= 4 is 42.9 Å². The van der Waals surface area contributed by atoms with Crippen LogP contribution in [0.4, 0.5) is 0 Å². The van der Waals surface area contributed by atoms with E-state index in [1.165, 1.54) is 12.1 Å². The Balaban J connectivity index is 3.11. The third kappa shape index (κ3) is 4.21. The molecular formula is C10H11Cl3O3S. The summed E-state index contributed by atoms with van der Waals surface area (Å²) in [6, 6.07) is 2.43. The average molecular weight is 318 g/mol. The molecule has 7 heteroatoms. The van der Waals surface area contributed by atoms with E-state index >= 15 is 0 Å². The van der Waals surface area contributed by atoms with Gasteiger partial charge in [-0.15, -0.1) is 0 Å². The van der Waals surface area contributed by atoms with Crippen LogP contribution in [0.2, 0.25) is 10.0 Å². The minimum atomic E-state index is -3.85. The van der Waals surface area contributed by atoms with E-state index in [2.05, 4.69) is 0 Å². The highest BCUT2D eigenvalue weighted by atomic mass is 35.7. The van der Waals surface area contributed by atoms with Crippen LogP contribution in [0, 0.1) is 5.92 Å². The highest BCUT2D eigenvalue weighted by Gasteiger charge is 2.17. The predicted molar refractivity (Wildman–Crippen MR) is 69.8 cm³/mol. The van der Waals surface area contributed by atoms with Crippen LogP contribution in [-0.2, 0) is 9.05 Å². The summed E-state index contributed by atoms with van der Waals surface area (Å²) >= 11 is 11.8. The third-order valence-corrected chi connectivity index (χ3v) is 3.71. The molecule has 0 saturated heterocycles. The first kappa shape index (κ1) is 14.9. The molecule has 0 spiro atoms. The molecule has 0 saturated carbocycles. The van der Waals surface area contributed by atoms with E-state index < -0.39 is 9.05 Å². The Hall–Kier alpha value is -0.160. The zero-order chi connectivity index (χ0) is 13.2. The standard InChI is InChI=1S/C10H11Cl3O3S/c1-6(2)5-16-10-8(11)3-7(4-9(10)12)17(13,14)15/h3-4,6H,5H2,1-2H3. The van der Waals surface area contributed by atoms with E-state index in [0.717, 1.165) is 0 Å². The quantitative estimate of drug-likeness (QED) is 0.790. The average Bonchev–Trinajstić information content (AvgIpc) is 2.14. The van der Waals surface area contributed by atoms with Crippen LogP contribution in [0.25, 0.3) is 0 Å². The van der Waals surface area contributed by atoms with Gasteiger partial charge in [-0.3, -0.25) is 0 Å². The lowest BCUT2D eigenvalue weighted by Gasteiger charge is -2.12. The van der Waals surface area contributed by atoms with Crippen LogP contribution >= 0.6 is 33.9 Å². The molecule has 1 aromatic rings. The van der Waals surface area contributed by atoms with Crippen LogP contribution in [0.1, 0.15) is 13.8 Å². The van der Waals surface area contributed by atoms with Gasteiger partial charge in [-0.2, -0.15) is 0 Å². The van der Waals surface area contributed by atoms with Gasteiger partial charge in [0.1, 0.15) is 0 Å². The van der Waals surface area contributed by atoms with Gasteiger partial charge in [-0.1, -0.05) is 37.0 Å². The van der Waals surface area contributed by atoms with Gasteiger partial charge in [0.25, 0.3) is 9.05 Å². The second kappa shape index (κ2) is 5.65. The Morgan fingerprint density at radius 2 is 1.71 bits per heavy atom. The van der Waals surface area contributed by atoms with Crippen molar-refractivity contribution in [3.63, 3.8) is 0 Å². The summed E-state index contributed by atoms with van der Waals surface area (Å²) in [6.07, 6.45) is 0. The summed E-state index contributed by atoms with van der Waals surface area (Å²) in [4.78, 5) is -0.147. The molecule has 0 radical (unpaired) electrons. The maximum atomic E-state index is 11.1. The van der Waals surface area contributed by atoms with Crippen molar-refractivity contribution in [2.75, 3.05) is 6.61 Å².